The number of aromatic nitrogens is 4. The first-order chi connectivity index (χ1) is 13.1. The second-order valence-electron chi connectivity index (χ2n) is 7.07. The molecular weight excluding hydrogens is 336 g/mol. The highest BCUT2D eigenvalue weighted by Gasteiger charge is 2.19. The molecule has 6 nitrogen and oxygen atoms in total. The second kappa shape index (κ2) is 7.48. The lowest BCUT2D eigenvalue weighted by molar-refractivity contribution is 0.270. The molecule has 3 aromatic rings. The third-order valence-corrected chi connectivity index (χ3v) is 5.22. The van der Waals surface area contributed by atoms with Crippen molar-refractivity contribution in [3.05, 3.63) is 54.0 Å². The predicted molar refractivity (Wildman–Crippen MR) is 108 cm³/mol. The summed E-state index contributed by atoms with van der Waals surface area (Å²) in [6.45, 7) is 11.5. The van der Waals surface area contributed by atoms with Crippen LogP contribution in [0.15, 0.2) is 42.7 Å². The van der Waals surface area contributed by atoms with Crippen LogP contribution in [0.4, 0.5) is 5.95 Å². The largest absolute Gasteiger partial charge is 0.338 e. The zero-order valence-electron chi connectivity index (χ0n) is 16.3. The summed E-state index contributed by atoms with van der Waals surface area (Å²) in [6, 6.07) is 10.3. The van der Waals surface area contributed by atoms with Crippen molar-refractivity contribution in [2.75, 3.05) is 37.6 Å². The molecule has 140 valence electrons. The van der Waals surface area contributed by atoms with Gasteiger partial charge >= 0.3 is 0 Å². The third-order valence-electron chi connectivity index (χ3n) is 5.22. The summed E-state index contributed by atoms with van der Waals surface area (Å²) < 4.78 is 1.92. The van der Waals surface area contributed by atoms with Gasteiger partial charge in [-0.1, -0.05) is 24.6 Å². The zero-order chi connectivity index (χ0) is 18.8. The van der Waals surface area contributed by atoms with Crippen molar-refractivity contribution in [1.82, 2.24) is 24.6 Å². The highest BCUT2D eigenvalue weighted by atomic mass is 15.3. The minimum atomic E-state index is 0.811. The monoisotopic (exact) mass is 362 g/mol. The lowest BCUT2D eigenvalue weighted by atomic mass is 10.2. The van der Waals surface area contributed by atoms with Crippen molar-refractivity contribution in [2.24, 2.45) is 0 Å². The molecule has 27 heavy (non-hydrogen) atoms. The maximum absolute atomic E-state index is 4.84. The van der Waals surface area contributed by atoms with Crippen LogP contribution < -0.4 is 4.90 Å². The van der Waals surface area contributed by atoms with E-state index in [4.69, 9.17) is 4.98 Å². The lowest BCUT2D eigenvalue weighted by Gasteiger charge is -2.34. The number of piperazine rings is 1. The molecule has 0 radical (unpaired) electrons. The first-order valence-electron chi connectivity index (χ1n) is 9.58. The van der Waals surface area contributed by atoms with E-state index in [1.165, 1.54) is 5.56 Å². The Morgan fingerprint density at radius 1 is 0.963 bits per heavy atom. The van der Waals surface area contributed by atoms with Crippen LogP contribution in [0, 0.1) is 13.8 Å². The Morgan fingerprint density at radius 2 is 1.70 bits per heavy atom. The number of likely N-dealkylation sites (N-methyl/N-ethyl adjacent to an activating group) is 1. The highest BCUT2D eigenvalue weighted by molar-refractivity contribution is 5.62. The fraction of sp³-hybridized carbons (Fsp3) is 0.381. The molecule has 0 aliphatic carbocycles. The van der Waals surface area contributed by atoms with Crippen LogP contribution in [-0.4, -0.2) is 57.4 Å². The van der Waals surface area contributed by atoms with Gasteiger partial charge in [0.25, 0.3) is 0 Å². The van der Waals surface area contributed by atoms with Crippen LogP contribution in [0.5, 0.6) is 0 Å². The summed E-state index contributed by atoms with van der Waals surface area (Å²) in [4.78, 5) is 14.1. The molecule has 1 aliphatic rings. The molecule has 6 heteroatoms. The van der Waals surface area contributed by atoms with E-state index < -0.39 is 0 Å². The Balaban J connectivity index is 1.60. The van der Waals surface area contributed by atoms with Crippen molar-refractivity contribution in [2.45, 2.75) is 20.8 Å². The SMILES string of the molecule is CCN1CCN(c2nccc(-c3cn(-c4ccc(C)cc4)nc3C)n2)CC1. The Kier molecular flexibility index (Phi) is 4.90. The van der Waals surface area contributed by atoms with Gasteiger partial charge in [0.2, 0.25) is 5.95 Å². The molecular formula is C21H26N6. The van der Waals surface area contributed by atoms with Gasteiger partial charge in [-0.05, 0) is 38.6 Å². The van der Waals surface area contributed by atoms with E-state index in [1.54, 1.807) is 0 Å². The number of benzene rings is 1. The molecule has 1 aromatic carbocycles. The summed E-state index contributed by atoms with van der Waals surface area (Å²) in [5.41, 5.74) is 5.24. The predicted octanol–water partition coefficient (Wildman–Crippen LogP) is 3.09. The molecule has 1 aliphatic heterocycles. The number of nitrogens with zero attached hydrogens (tertiary/aromatic N) is 6. The number of hydrogen-bond acceptors (Lipinski definition) is 5. The Hall–Kier alpha value is -2.73. The molecule has 4 rings (SSSR count). The first-order valence-corrected chi connectivity index (χ1v) is 9.58. The molecule has 0 atom stereocenters. The van der Waals surface area contributed by atoms with Crippen molar-refractivity contribution in [3.8, 4) is 16.9 Å². The number of rotatable bonds is 4. The molecule has 0 spiro atoms. The van der Waals surface area contributed by atoms with E-state index in [1.807, 2.05) is 23.9 Å². The van der Waals surface area contributed by atoms with Crippen molar-refractivity contribution >= 4 is 5.95 Å². The highest BCUT2D eigenvalue weighted by Crippen LogP contribution is 2.24. The molecule has 0 unspecified atom stereocenters. The summed E-state index contributed by atoms with van der Waals surface area (Å²) in [5, 5.41) is 4.69. The van der Waals surface area contributed by atoms with Gasteiger partial charge < -0.3 is 9.80 Å². The van der Waals surface area contributed by atoms with Gasteiger partial charge in [-0.3, -0.25) is 0 Å². The van der Waals surface area contributed by atoms with Crippen LogP contribution in [0.25, 0.3) is 16.9 Å². The Morgan fingerprint density at radius 3 is 2.41 bits per heavy atom. The van der Waals surface area contributed by atoms with Crippen LogP contribution in [-0.2, 0) is 0 Å². The molecule has 0 bridgehead atoms. The van der Waals surface area contributed by atoms with Gasteiger partial charge in [-0.15, -0.1) is 0 Å². The maximum Gasteiger partial charge on any atom is 0.225 e. The van der Waals surface area contributed by atoms with Crippen molar-refractivity contribution in [1.29, 1.82) is 0 Å². The average molecular weight is 362 g/mol. The molecule has 0 N–H and O–H groups in total. The van der Waals surface area contributed by atoms with E-state index in [0.717, 1.165) is 61.3 Å². The van der Waals surface area contributed by atoms with Crippen molar-refractivity contribution in [3.63, 3.8) is 0 Å². The molecule has 1 saturated heterocycles. The topological polar surface area (TPSA) is 50.1 Å². The minimum Gasteiger partial charge on any atom is -0.338 e. The minimum absolute atomic E-state index is 0.811. The fourth-order valence-electron chi connectivity index (χ4n) is 3.46. The van der Waals surface area contributed by atoms with Gasteiger partial charge in [0.1, 0.15) is 0 Å². The molecule has 2 aromatic heterocycles. The van der Waals surface area contributed by atoms with Crippen LogP contribution in [0.2, 0.25) is 0 Å². The molecule has 1 fully saturated rings. The first kappa shape index (κ1) is 17.7. The van der Waals surface area contributed by atoms with Gasteiger partial charge in [-0.2, -0.15) is 5.10 Å². The Bertz CT molecular complexity index is 907. The standard InChI is InChI=1S/C21H26N6/c1-4-25-11-13-26(14-12-25)21-22-10-9-20(23-21)19-15-27(24-17(19)3)18-7-5-16(2)6-8-18/h5-10,15H,4,11-14H2,1-3H3. The normalized spacial score (nSPS) is 15.3. The quantitative estimate of drug-likeness (QED) is 0.714. The lowest BCUT2D eigenvalue weighted by Crippen LogP contribution is -2.46. The van der Waals surface area contributed by atoms with E-state index in [9.17, 15) is 0 Å². The van der Waals surface area contributed by atoms with Crippen molar-refractivity contribution < 1.29 is 0 Å². The van der Waals surface area contributed by atoms with E-state index in [2.05, 4.69) is 64.2 Å². The smallest absolute Gasteiger partial charge is 0.225 e. The van der Waals surface area contributed by atoms with Gasteiger partial charge in [-0.25, -0.2) is 14.6 Å². The van der Waals surface area contributed by atoms with Gasteiger partial charge in [0.15, 0.2) is 0 Å². The summed E-state index contributed by atoms with van der Waals surface area (Å²) in [7, 11) is 0. The van der Waals surface area contributed by atoms with Crippen LogP contribution in [0.3, 0.4) is 0 Å². The number of aryl methyl sites for hydroxylation is 2. The number of hydrogen-bond donors (Lipinski definition) is 0. The van der Waals surface area contributed by atoms with Crippen LogP contribution in [0.1, 0.15) is 18.2 Å². The van der Waals surface area contributed by atoms with E-state index >= 15 is 0 Å². The Labute approximate surface area is 160 Å². The van der Waals surface area contributed by atoms with E-state index in [0.29, 0.717) is 0 Å². The maximum atomic E-state index is 4.84. The zero-order valence-corrected chi connectivity index (χ0v) is 16.3. The molecule has 3 heterocycles. The summed E-state index contributed by atoms with van der Waals surface area (Å²) >= 11 is 0. The second-order valence-corrected chi connectivity index (χ2v) is 7.07. The average Bonchev–Trinajstić information content (AvgIpc) is 3.10. The third kappa shape index (κ3) is 3.71. The van der Waals surface area contributed by atoms with Gasteiger partial charge in [0.05, 0.1) is 17.1 Å². The van der Waals surface area contributed by atoms with E-state index in [-0.39, 0.29) is 0 Å². The summed E-state index contributed by atoms with van der Waals surface area (Å²) in [6.07, 6.45) is 3.91. The van der Waals surface area contributed by atoms with Gasteiger partial charge in [0, 0.05) is 44.1 Å². The fourth-order valence-corrected chi connectivity index (χ4v) is 3.46. The molecule has 0 saturated carbocycles. The molecule has 0 amide bonds. The van der Waals surface area contributed by atoms with Crippen LogP contribution >= 0.6 is 0 Å². The summed E-state index contributed by atoms with van der Waals surface area (Å²) in [5.74, 6) is 0.811. The number of anilines is 1.